The molecule has 158 valence electrons. The smallest absolute Gasteiger partial charge is 0.416 e. The molecule has 30 heavy (non-hydrogen) atoms. The lowest BCUT2D eigenvalue weighted by Crippen LogP contribution is -2.09. The fourth-order valence-electron chi connectivity index (χ4n) is 2.88. The molecule has 0 aliphatic heterocycles. The predicted molar refractivity (Wildman–Crippen MR) is 106 cm³/mol. The van der Waals surface area contributed by atoms with Gasteiger partial charge in [0, 0.05) is 12.3 Å². The molecule has 5 nitrogen and oxygen atoms in total. The number of hydrogen-bond acceptors (Lipinski definition) is 5. The van der Waals surface area contributed by atoms with Gasteiger partial charge in [0.05, 0.1) is 36.7 Å². The highest BCUT2D eigenvalue weighted by molar-refractivity contribution is 7.98. The number of benzene rings is 2. The molecule has 2 aromatic carbocycles. The normalized spacial score (nSPS) is 11.5. The molecule has 0 unspecified atom stereocenters. The van der Waals surface area contributed by atoms with E-state index in [4.69, 9.17) is 4.74 Å². The number of thioether (sulfide) groups is 1. The summed E-state index contributed by atoms with van der Waals surface area (Å²) in [6.45, 7) is -0.144. The van der Waals surface area contributed by atoms with Crippen LogP contribution in [-0.4, -0.2) is 27.7 Å². The van der Waals surface area contributed by atoms with Gasteiger partial charge in [-0.1, -0.05) is 36.0 Å². The van der Waals surface area contributed by atoms with E-state index in [1.54, 1.807) is 28.8 Å². The molecule has 0 aliphatic rings. The summed E-state index contributed by atoms with van der Waals surface area (Å²) in [5, 5.41) is 10.2. The number of nitrogens with zero attached hydrogens (tertiary/aromatic N) is 2. The number of hydrogen-bond donors (Lipinski definition) is 1. The van der Waals surface area contributed by atoms with Gasteiger partial charge >= 0.3 is 12.1 Å². The van der Waals surface area contributed by atoms with Gasteiger partial charge in [0.25, 0.3) is 0 Å². The molecule has 0 saturated carbocycles. The first-order chi connectivity index (χ1) is 14.3. The summed E-state index contributed by atoms with van der Waals surface area (Å²) < 4.78 is 45.4. The molecule has 0 bridgehead atoms. The van der Waals surface area contributed by atoms with Crippen molar-refractivity contribution in [2.24, 2.45) is 0 Å². The van der Waals surface area contributed by atoms with Gasteiger partial charge in [-0.3, -0.25) is 0 Å². The van der Waals surface area contributed by atoms with Crippen LogP contribution >= 0.6 is 11.8 Å². The maximum absolute atomic E-state index is 13.0. The van der Waals surface area contributed by atoms with Crippen molar-refractivity contribution in [3.05, 3.63) is 82.7 Å². The second kappa shape index (κ2) is 9.36. The van der Waals surface area contributed by atoms with Crippen molar-refractivity contribution in [3.8, 4) is 0 Å². The van der Waals surface area contributed by atoms with Crippen molar-refractivity contribution in [2.75, 3.05) is 7.11 Å². The van der Waals surface area contributed by atoms with Crippen LogP contribution in [-0.2, 0) is 29.8 Å². The van der Waals surface area contributed by atoms with Gasteiger partial charge in [0.1, 0.15) is 0 Å². The summed E-state index contributed by atoms with van der Waals surface area (Å²) in [7, 11) is 1.31. The molecule has 0 saturated heterocycles. The summed E-state index contributed by atoms with van der Waals surface area (Å²) in [5.74, 6) is 0.0467. The number of halogens is 3. The number of esters is 1. The van der Waals surface area contributed by atoms with Crippen LogP contribution in [0.3, 0.4) is 0 Å². The molecule has 3 aromatic rings. The minimum absolute atomic E-state index is 0.143. The highest BCUT2D eigenvalue weighted by Gasteiger charge is 2.30. The highest BCUT2D eigenvalue weighted by Crippen LogP contribution is 2.30. The number of rotatable bonds is 7. The number of aromatic nitrogens is 2. The van der Waals surface area contributed by atoms with Gasteiger partial charge in [-0.05, 0) is 35.4 Å². The summed E-state index contributed by atoms with van der Waals surface area (Å²) in [6, 6.07) is 12.0. The Morgan fingerprint density at radius 3 is 2.60 bits per heavy atom. The molecular weight excluding hydrogens is 417 g/mol. The Kier molecular flexibility index (Phi) is 6.84. The predicted octanol–water partition coefficient (Wildman–Crippen LogP) is 4.52. The Morgan fingerprint density at radius 2 is 1.90 bits per heavy atom. The Morgan fingerprint density at radius 1 is 1.17 bits per heavy atom. The summed E-state index contributed by atoms with van der Waals surface area (Å²) in [6.07, 6.45) is -2.92. The lowest BCUT2D eigenvalue weighted by molar-refractivity contribution is -0.137. The van der Waals surface area contributed by atoms with Crippen LogP contribution in [0.1, 0.15) is 32.7 Å². The Hall–Kier alpha value is -2.78. The van der Waals surface area contributed by atoms with Gasteiger partial charge in [0.2, 0.25) is 0 Å². The zero-order valence-electron chi connectivity index (χ0n) is 16.0. The lowest BCUT2D eigenvalue weighted by atomic mass is 10.1. The summed E-state index contributed by atoms with van der Waals surface area (Å²) >= 11 is 1.36. The van der Waals surface area contributed by atoms with Crippen molar-refractivity contribution in [1.82, 2.24) is 9.55 Å². The Balaban J connectivity index is 1.80. The molecule has 1 heterocycles. The van der Waals surface area contributed by atoms with E-state index in [9.17, 15) is 23.1 Å². The van der Waals surface area contributed by atoms with E-state index in [1.807, 2.05) is 6.07 Å². The van der Waals surface area contributed by atoms with Crippen LogP contribution in [0.2, 0.25) is 0 Å². The number of imidazole rings is 1. The van der Waals surface area contributed by atoms with E-state index in [0.29, 0.717) is 27.7 Å². The van der Waals surface area contributed by atoms with Crippen molar-refractivity contribution in [1.29, 1.82) is 0 Å². The van der Waals surface area contributed by atoms with Crippen LogP contribution in [0.4, 0.5) is 13.2 Å². The molecule has 9 heteroatoms. The van der Waals surface area contributed by atoms with Gasteiger partial charge in [-0.2, -0.15) is 13.2 Å². The van der Waals surface area contributed by atoms with Gasteiger partial charge < -0.3 is 14.4 Å². The number of methoxy groups -OCH3 is 1. The van der Waals surface area contributed by atoms with Gasteiger partial charge in [0.15, 0.2) is 5.16 Å². The average Bonchev–Trinajstić information content (AvgIpc) is 3.13. The second-order valence-electron chi connectivity index (χ2n) is 6.46. The Bertz CT molecular complexity index is 1030. The van der Waals surface area contributed by atoms with Crippen molar-refractivity contribution >= 4 is 17.7 Å². The maximum Gasteiger partial charge on any atom is 0.416 e. The molecule has 0 radical (unpaired) electrons. The quantitative estimate of drug-likeness (QED) is 0.436. The zero-order chi connectivity index (χ0) is 21.7. The first-order valence-electron chi connectivity index (χ1n) is 8.93. The minimum Gasteiger partial charge on any atom is -0.465 e. The molecule has 0 amide bonds. The third kappa shape index (κ3) is 5.22. The van der Waals surface area contributed by atoms with E-state index in [0.717, 1.165) is 17.7 Å². The van der Waals surface area contributed by atoms with E-state index in [-0.39, 0.29) is 13.2 Å². The van der Waals surface area contributed by atoms with Crippen LogP contribution in [0.5, 0.6) is 0 Å². The number of alkyl halides is 3. The molecular formula is C21H19F3N2O3S. The highest BCUT2D eigenvalue weighted by atomic mass is 32.2. The Labute approximate surface area is 175 Å². The number of carbonyl (C=O) groups is 1. The summed E-state index contributed by atoms with van der Waals surface area (Å²) in [5.41, 5.74) is 1.52. The largest absolute Gasteiger partial charge is 0.465 e. The molecule has 0 atom stereocenters. The second-order valence-corrected chi connectivity index (χ2v) is 7.40. The van der Waals surface area contributed by atoms with E-state index < -0.39 is 17.7 Å². The maximum atomic E-state index is 13.0. The van der Waals surface area contributed by atoms with Crippen molar-refractivity contribution < 1.29 is 27.8 Å². The monoisotopic (exact) mass is 436 g/mol. The molecule has 0 aliphatic carbocycles. The first kappa shape index (κ1) is 21.9. The molecule has 0 spiro atoms. The number of ether oxygens (including phenoxy) is 1. The molecule has 1 N–H and O–H groups in total. The van der Waals surface area contributed by atoms with E-state index >= 15 is 0 Å². The number of aliphatic hydroxyl groups is 1. The van der Waals surface area contributed by atoms with Crippen LogP contribution in [0.25, 0.3) is 0 Å². The number of aliphatic hydroxyl groups excluding tert-OH is 1. The standard InChI is InChI=1S/C21H19F3N2O3S/c1-29-19(28)16-6-2-5-15(8-16)13-30-20-25-10-18(12-27)26(20)11-14-4-3-7-17(9-14)21(22,23)24/h2-10,27H,11-13H2,1H3. The molecule has 3 rings (SSSR count). The van der Waals surface area contributed by atoms with Crippen LogP contribution in [0, 0.1) is 0 Å². The van der Waals surface area contributed by atoms with Gasteiger partial charge in [-0.25, -0.2) is 9.78 Å². The first-order valence-corrected chi connectivity index (χ1v) is 9.92. The van der Waals surface area contributed by atoms with Crippen molar-refractivity contribution in [2.45, 2.75) is 30.2 Å². The minimum atomic E-state index is -4.42. The van der Waals surface area contributed by atoms with E-state index in [2.05, 4.69) is 4.98 Å². The summed E-state index contributed by atoms with van der Waals surface area (Å²) in [4.78, 5) is 16.0. The van der Waals surface area contributed by atoms with Gasteiger partial charge in [-0.15, -0.1) is 0 Å². The lowest BCUT2D eigenvalue weighted by Gasteiger charge is -2.13. The zero-order valence-corrected chi connectivity index (χ0v) is 16.8. The SMILES string of the molecule is COC(=O)c1cccc(CSc2ncc(CO)n2Cc2cccc(C(F)(F)F)c2)c1. The molecule has 1 aromatic heterocycles. The van der Waals surface area contributed by atoms with E-state index in [1.165, 1.54) is 31.1 Å². The average molecular weight is 436 g/mol. The topological polar surface area (TPSA) is 64.3 Å². The third-order valence-corrected chi connectivity index (χ3v) is 5.44. The van der Waals surface area contributed by atoms with Crippen LogP contribution < -0.4 is 0 Å². The van der Waals surface area contributed by atoms with Crippen molar-refractivity contribution in [3.63, 3.8) is 0 Å². The fourth-order valence-corrected chi connectivity index (χ4v) is 3.83. The third-order valence-electron chi connectivity index (χ3n) is 4.37. The fraction of sp³-hybridized carbons (Fsp3) is 0.238. The number of carbonyl (C=O) groups excluding carboxylic acids is 1. The van der Waals surface area contributed by atoms with Crippen LogP contribution in [0.15, 0.2) is 59.9 Å². The molecule has 0 fully saturated rings.